The first-order chi connectivity index (χ1) is 12.3. The third kappa shape index (κ3) is 3.91. The average Bonchev–Trinajstić information content (AvgIpc) is 3.33. The third-order valence-corrected chi connectivity index (χ3v) is 4.80. The fourth-order valence-electron chi connectivity index (χ4n) is 3.54. The molecule has 0 bridgehead atoms. The minimum absolute atomic E-state index is 0.0257. The van der Waals surface area contributed by atoms with E-state index in [-0.39, 0.29) is 5.91 Å². The number of likely N-dealkylation sites (tertiary alicyclic amines) is 1. The summed E-state index contributed by atoms with van der Waals surface area (Å²) in [5.41, 5.74) is 2.45. The lowest BCUT2D eigenvalue weighted by molar-refractivity contribution is -0.122. The van der Waals surface area contributed by atoms with Gasteiger partial charge in [-0.2, -0.15) is 5.10 Å². The van der Waals surface area contributed by atoms with Crippen molar-refractivity contribution < 1.29 is 4.79 Å². The first-order valence-electron chi connectivity index (χ1n) is 8.79. The van der Waals surface area contributed by atoms with Gasteiger partial charge in [-0.3, -0.25) is 14.4 Å². The van der Waals surface area contributed by atoms with Crippen molar-refractivity contribution in [1.82, 2.24) is 25.0 Å². The second-order valence-corrected chi connectivity index (χ2v) is 6.78. The molecule has 0 saturated carbocycles. The van der Waals surface area contributed by atoms with E-state index in [1.54, 1.807) is 17.1 Å². The molecule has 0 spiro atoms. The molecule has 6 nitrogen and oxygen atoms in total. The van der Waals surface area contributed by atoms with E-state index in [2.05, 4.69) is 50.6 Å². The molecule has 1 amide bonds. The maximum atomic E-state index is 11.9. The molecule has 1 fully saturated rings. The van der Waals surface area contributed by atoms with Gasteiger partial charge in [0.2, 0.25) is 5.91 Å². The molecule has 0 unspecified atom stereocenters. The van der Waals surface area contributed by atoms with E-state index < -0.39 is 0 Å². The van der Waals surface area contributed by atoms with Gasteiger partial charge in [-0.25, -0.2) is 0 Å². The summed E-state index contributed by atoms with van der Waals surface area (Å²) in [5.74, 6) is 0.545. The van der Waals surface area contributed by atoms with Crippen molar-refractivity contribution in [1.29, 1.82) is 0 Å². The Hall–Kier alpha value is -2.60. The van der Waals surface area contributed by atoms with E-state index in [9.17, 15) is 4.79 Å². The molecule has 3 aromatic rings. The van der Waals surface area contributed by atoms with E-state index in [1.807, 2.05) is 6.07 Å². The van der Waals surface area contributed by atoms with Gasteiger partial charge < -0.3 is 10.3 Å². The van der Waals surface area contributed by atoms with Crippen molar-refractivity contribution in [3.8, 4) is 0 Å². The van der Waals surface area contributed by atoms with Gasteiger partial charge in [-0.05, 0) is 42.5 Å². The normalized spacial score (nSPS) is 18.0. The molecule has 1 aliphatic heterocycles. The van der Waals surface area contributed by atoms with Crippen molar-refractivity contribution in [2.24, 2.45) is 5.92 Å². The van der Waals surface area contributed by atoms with Gasteiger partial charge >= 0.3 is 0 Å². The van der Waals surface area contributed by atoms with Crippen LogP contribution in [0.3, 0.4) is 0 Å². The summed E-state index contributed by atoms with van der Waals surface area (Å²) >= 11 is 0. The summed E-state index contributed by atoms with van der Waals surface area (Å²) in [6, 6.07) is 12.4. The van der Waals surface area contributed by atoms with Crippen molar-refractivity contribution in [2.45, 2.75) is 19.5 Å². The number of hydrogen-bond donors (Lipinski definition) is 2. The SMILES string of the molecule is O=C(Cn1cccn1)NC[C@H]1CCN(Cc2cc3ccccc3[nH]2)C1. The van der Waals surface area contributed by atoms with Crippen LogP contribution in [0.25, 0.3) is 10.9 Å². The maximum absolute atomic E-state index is 11.9. The number of rotatable bonds is 6. The Morgan fingerprint density at radius 3 is 3.08 bits per heavy atom. The van der Waals surface area contributed by atoms with Crippen LogP contribution >= 0.6 is 0 Å². The number of hydrogen-bond acceptors (Lipinski definition) is 3. The number of carbonyl (C=O) groups excluding carboxylic acids is 1. The van der Waals surface area contributed by atoms with Crippen LogP contribution in [0.4, 0.5) is 0 Å². The Morgan fingerprint density at radius 1 is 1.32 bits per heavy atom. The van der Waals surface area contributed by atoms with Crippen LogP contribution in [-0.2, 0) is 17.9 Å². The molecule has 1 aromatic carbocycles. The molecular weight excluding hydrogens is 314 g/mol. The summed E-state index contributed by atoms with van der Waals surface area (Å²) in [6.07, 6.45) is 4.62. The van der Waals surface area contributed by atoms with Crippen molar-refractivity contribution in [3.63, 3.8) is 0 Å². The highest BCUT2D eigenvalue weighted by Crippen LogP contribution is 2.20. The highest BCUT2D eigenvalue weighted by Gasteiger charge is 2.23. The van der Waals surface area contributed by atoms with Crippen LogP contribution < -0.4 is 5.32 Å². The standard InChI is InChI=1S/C19H23N5O/c25-19(14-24-8-3-7-21-24)20-11-15-6-9-23(12-15)13-17-10-16-4-1-2-5-18(16)22-17/h1-5,7-8,10,15,22H,6,9,11-14H2,(H,20,25)/t15-/m1/s1. The highest BCUT2D eigenvalue weighted by atomic mass is 16.2. The molecule has 1 atom stereocenters. The number of nitrogens with zero attached hydrogens (tertiary/aromatic N) is 3. The van der Waals surface area contributed by atoms with Crippen LogP contribution in [0.2, 0.25) is 0 Å². The summed E-state index contributed by atoms with van der Waals surface area (Å²) in [7, 11) is 0. The fraction of sp³-hybridized carbons (Fsp3) is 0.368. The Balaban J connectivity index is 1.24. The molecule has 0 radical (unpaired) electrons. The zero-order chi connectivity index (χ0) is 17.1. The lowest BCUT2D eigenvalue weighted by atomic mass is 10.1. The lowest BCUT2D eigenvalue weighted by Gasteiger charge is -2.15. The molecule has 2 N–H and O–H groups in total. The quantitative estimate of drug-likeness (QED) is 0.723. The van der Waals surface area contributed by atoms with E-state index in [4.69, 9.17) is 0 Å². The third-order valence-electron chi connectivity index (χ3n) is 4.80. The number of fused-ring (bicyclic) bond motifs is 1. The predicted octanol–water partition coefficient (Wildman–Crippen LogP) is 2.00. The average molecular weight is 337 g/mol. The number of H-pyrrole nitrogens is 1. The van der Waals surface area contributed by atoms with Crippen LogP contribution in [0.5, 0.6) is 0 Å². The molecule has 0 aliphatic carbocycles. The summed E-state index contributed by atoms with van der Waals surface area (Å²) in [4.78, 5) is 17.9. The maximum Gasteiger partial charge on any atom is 0.241 e. The Kier molecular flexibility index (Phi) is 4.52. The molecule has 3 heterocycles. The van der Waals surface area contributed by atoms with Gasteiger partial charge in [0.1, 0.15) is 6.54 Å². The minimum atomic E-state index is 0.0257. The van der Waals surface area contributed by atoms with Crippen molar-refractivity contribution in [2.75, 3.05) is 19.6 Å². The lowest BCUT2D eigenvalue weighted by Crippen LogP contribution is -2.33. The number of carbonyl (C=O) groups is 1. The predicted molar refractivity (Wildman–Crippen MR) is 96.9 cm³/mol. The van der Waals surface area contributed by atoms with Crippen molar-refractivity contribution in [3.05, 3.63) is 54.5 Å². The molecule has 130 valence electrons. The summed E-state index contributed by atoms with van der Waals surface area (Å²) in [6.45, 7) is 4.07. The second kappa shape index (κ2) is 7.11. The number of benzene rings is 1. The topological polar surface area (TPSA) is 66.0 Å². The van der Waals surface area contributed by atoms with Crippen LogP contribution in [0.1, 0.15) is 12.1 Å². The molecule has 6 heteroatoms. The van der Waals surface area contributed by atoms with Gasteiger partial charge in [-0.15, -0.1) is 0 Å². The van der Waals surface area contributed by atoms with E-state index in [1.165, 1.54) is 16.6 Å². The Morgan fingerprint density at radius 2 is 2.24 bits per heavy atom. The first-order valence-corrected chi connectivity index (χ1v) is 8.79. The molecule has 25 heavy (non-hydrogen) atoms. The van der Waals surface area contributed by atoms with Crippen LogP contribution in [0.15, 0.2) is 48.8 Å². The van der Waals surface area contributed by atoms with E-state index in [0.29, 0.717) is 12.5 Å². The number of aromatic amines is 1. The number of amides is 1. The highest BCUT2D eigenvalue weighted by molar-refractivity contribution is 5.80. The van der Waals surface area contributed by atoms with E-state index in [0.717, 1.165) is 32.6 Å². The zero-order valence-electron chi connectivity index (χ0n) is 14.2. The van der Waals surface area contributed by atoms with Gasteiger partial charge in [0.25, 0.3) is 0 Å². The van der Waals surface area contributed by atoms with Gasteiger partial charge in [0.15, 0.2) is 0 Å². The van der Waals surface area contributed by atoms with Gasteiger partial charge in [0.05, 0.1) is 0 Å². The number of nitrogens with one attached hydrogen (secondary N) is 2. The smallest absolute Gasteiger partial charge is 0.241 e. The van der Waals surface area contributed by atoms with Crippen LogP contribution in [-0.4, -0.2) is 45.2 Å². The zero-order valence-corrected chi connectivity index (χ0v) is 14.2. The number of aromatic nitrogens is 3. The molecule has 1 saturated heterocycles. The summed E-state index contributed by atoms with van der Waals surface area (Å²) in [5, 5.41) is 8.35. The van der Waals surface area contributed by atoms with Gasteiger partial charge in [0, 0.05) is 43.2 Å². The van der Waals surface area contributed by atoms with E-state index >= 15 is 0 Å². The first kappa shape index (κ1) is 15.9. The molecular formula is C19H23N5O. The number of para-hydroxylation sites is 1. The molecule has 4 rings (SSSR count). The van der Waals surface area contributed by atoms with Gasteiger partial charge in [-0.1, -0.05) is 18.2 Å². The minimum Gasteiger partial charge on any atom is -0.357 e. The largest absolute Gasteiger partial charge is 0.357 e. The molecule has 2 aromatic heterocycles. The summed E-state index contributed by atoms with van der Waals surface area (Å²) < 4.78 is 1.65. The van der Waals surface area contributed by atoms with Crippen LogP contribution in [0, 0.1) is 5.92 Å². The molecule has 1 aliphatic rings. The fourth-order valence-corrected chi connectivity index (χ4v) is 3.54. The van der Waals surface area contributed by atoms with Crippen molar-refractivity contribution >= 4 is 16.8 Å². The Bertz CT molecular complexity index is 806. The second-order valence-electron chi connectivity index (χ2n) is 6.78. The monoisotopic (exact) mass is 337 g/mol. The Labute approximate surface area is 146 Å².